The van der Waals surface area contributed by atoms with Crippen LogP contribution in [0.1, 0.15) is 42.7 Å². The van der Waals surface area contributed by atoms with Crippen LogP contribution in [0.25, 0.3) is 0 Å². The number of amides is 1. The van der Waals surface area contributed by atoms with E-state index < -0.39 is 0 Å². The quantitative estimate of drug-likeness (QED) is 0.869. The molecule has 0 unspecified atom stereocenters. The van der Waals surface area contributed by atoms with E-state index in [1.54, 1.807) is 6.20 Å². The molecule has 1 aromatic rings. The van der Waals surface area contributed by atoms with Gasteiger partial charge in [-0.05, 0) is 51.4 Å². The van der Waals surface area contributed by atoms with Gasteiger partial charge in [-0.2, -0.15) is 0 Å². The highest BCUT2D eigenvalue weighted by Gasteiger charge is 2.37. The summed E-state index contributed by atoms with van der Waals surface area (Å²) in [5.74, 6) is 1.69. The maximum absolute atomic E-state index is 12.8. The molecule has 0 spiro atoms. The van der Waals surface area contributed by atoms with E-state index in [-0.39, 0.29) is 22.9 Å². The minimum Gasteiger partial charge on any atom is -0.364 e. The first-order chi connectivity index (χ1) is 10.5. The summed E-state index contributed by atoms with van der Waals surface area (Å²) >= 11 is 0. The average molecular weight is 300 g/mol. The Bertz CT molecular complexity index is 659. The number of nitrogens with one attached hydrogen (secondary N) is 1. The predicted molar refractivity (Wildman–Crippen MR) is 86.8 cm³/mol. The van der Waals surface area contributed by atoms with E-state index in [9.17, 15) is 9.59 Å². The van der Waals surface area contributed by atoms with E-state index in [4.69, 9.17) is 0 Å². The molecule has 1 aromatic heterocycles. The highest BCUT2D eigenvalue weighted by Crippen LogP contribution is 2.43. The first-order valence-corrected chi connectivity index (χ1v) is 8.14. The molecule has 1 fully saturated rings. The number of aryl methyl sites for hydroxylation is 1. The third kappa shape index (κ3) is 2.74. The van der Waals surface area contributed by atoms with Crippen LogP contribution >= 0.6 is 0 Å². The summed E-state index contributed by atoms with van der Waals surface area (Å²) in [5.41, 5.74) is 0.827. The molecule has 2 bridgehead atoms. The van der Waals surface area contributed by atoms with Gasteiger partial charge in [-0.15, -0.1) is 0 Å². The molecule has 1 N–H and O–H groups in total. The molecular formula is C18H24N2O2. The Morgan fingerprint density at radius 2 is 2.14 bits per heavy atom. The third-order valence-corrected chi connectivity index (χ3v) is 5.02. The van der Waals surface area contributed by atoms with E-state index in [0.717, 1.165) is 12.2 Å². The summed E-state index contributed by atoms with van der Waals surface area (Å²) in [7, 11) is 0. The lowest BCUT2D eigenvalue weighted by Crippen LogP contribution is -2.43. The Labute approximate surface area is 131 Å². The minimum absolute atomic E-state index is 0.0938. The Hall–Kier alpha value is -1.84. The molecule has 0 saturated heterocycles. The van der Waals surface area contributed by atoms with Crippen molar-refractivity contribution in [2.24, 2.45) is 17.8 Å². The number of H-pyrrole nitrogens is 1. The van der Waals surface area contributed by atoms with Gasteiger partial charge in [-0.25, -0.2) is 0 Å². The first kappa shape index (κ1) is 15.1. The second-order valence-corrected chi connectivity index (χ2v) is 6.99. The SMILES string of the molecule is Cc1cc(=O)c(C(=O)N(C[C@@H]2C[C@H]3C=C[C@H]2C3)C(C)C)c[nH]1. The van der Waals surface area contributed by atoms with Gasteiger partial charge < -0.3 is 9.88 Å². The van der Waals surface area contributed by atoms with Crippen LogP contribution in [0.15, 0.2) is 29.2 Å². The van der Waals surface area contributed by atoms with Crippen LogP contribution in [-0.2, 0) is 0 Å². The van der Waals surface area contributed by atoms with Crippen molar-refractivity contribution < 1.29 is 4.79 Å². The monoisotopic (exact) mass is 300 g/mol. The van der Waals surface area contributed by atoms with Gasteiger partial charge in [0.2, 0.25) is 0 Å². The molecule has 118 valence electrons. The Morgan fingerprint density at radius 1 is 1.36 bits per heavy atom. The van der Waals surface area contributed by atoms with Crippen LogP contribution in [0, 0.1) is 24.7 Å². The van der Waals surface area contributed by atoms with Gasteiger partial charge in [0.25, 0.3) is 5.91 Å². The average Bonchev–Trinajstić information content (AvgIpc) is 3.06. The van der Waals surface area contributed by atoms with Crippen LogP contribution in [0.5, 0.6) is 0 Å². The molecular weight excluding hydrogens is 276 g/mol. The Kier molecular flexibility index (Phi) is 3.94. The number of hydrogen-bond acceptors (Lipinski definition) is 2. The fourth-order valence-corrected chi connectivity index (χ4v) is 3.78. The molecule has 3 rings (SSSR count). The number of fused-ring (bicyclic) bond motifs is 2. The summed E-state index contributed by atoms with van der Waals surface area (Å²) in [6, 6.07) is 1.59. The van der Waals surface area contributed by atoms with Crippen molar-refractivity contribution in [2.75, 3.05) is 6.54 Å². The molecule has 2 aliphatic rings. The maximum atomic E-state index is 12.8. The van der Waals surface area contributed by atoms with Crippen molar-refractivity contribution in [3.05, 3.63) is 45.9 Å². The molecule has 1 heterocycles. The molecule has 0 radical (unpaired) electrons. The predicted octanol–water partition coefficient (Wildman–Crippen LogP) is 2.75. The van der Waals surface area contributed by atoms with E-state index in [1.165, 1.54) is 18.9 Å². The lowest BCUT2D eigenvalue weighted by molar-refractivity contribution is 0.0659. The second-order valence-electron chi connectivity index (χ2n) is 6.99. The van der Waals surface area contributed by atoms with Crippen molar-refractivity contribution in [1.29, 1.82) is 0 Å². The van der Waals surface area contributed by atoms with Crippen LogP contribution in [-0.4, -0.2) is 28.4 Å². The number of rotatable bonds is 4. The second kappa shape index (κ2) is 5.75. The normalized spacial score (nSPS) is 25.9. The molecule has 0 aromatic carbocycles. The summed E-state index contributed by atoms with van der Waals surface area (Å²) in [6.45, 7) is 6.60. The van der Waals surface area contributed by atoms with Crippen LogP contribution in [0.4, 0.5) is 0 Å². The summed E-state index contributed by atoms with van der Waals surface area (Å²) in [6.07, 6.45) is 8.57. The van der Waals surface area contributed by atoms with Crippen LogP contribution < -0.4 is 5.43 Å². The molecule has 4 nitrogen and oxygen atoms in total. The van der Waals surface area contributed by atoms with Crippen molar-refractivity contribution in [3.63, 3.8) is 0 Å². The highest BCUT2D eigenvalue weighted by atomic mass is 16.2. The van der Waals surface area contributed by atoms with Gasteiger partial charge in [-0.3, -0.25) is 9.59 Å². The zero-order valence-corrected chi connectivity index (χ0v) is 13.5. The Morgan fingerprint density at radius 3 is 2.68 bits per heavy atom. The third-order valence-electron chi connectivity index (χ3n) is 5.02. The molecule has 1 saturated carbocycles. The molecule has 4 heteroatoms. The summed E-state index contributed by atoms with van der Waals surface area (Å²) in [5, 5.41) is 0. The fraction of sp³-hybridized carbons (Fsp3) is 0.556. The lowest BCUT2D eigenvalue weighted by atomic mass is 9.92. The van der Waals surface area contributed by atoms with Crippen molar-refractivity contribution >= 4 is 5.91 Å². The first-order valence-electron chi connectivity index (χ1n) is 8.14. The van der Waals surface area contributed by atoms with E-state index in [2.05, 4.69) is 17.1 Å². The van der Waals surface area contributed by atoms with E-state index >= 15 is 0 Å². The minimum atomic E-state index is -0.195. The molecule has 0 aliphatic heterocycles. The number of aromatic nitrogens is 1. The van der Waals surface area contributed by atoms with Gasteiger partial charge in [0.1, 0.15) is 5.56 Å². The van der Waals surface area contributed by atoms with Gasteiger partial charge in [-0.1, -0.05) is 12.2 Å². The molecule has 1 amide bonds. The number of aromatic amines is 1. The number of carbonyl (C=O) groups is 1. The number of allylic oxidation sites excluding steroid dienone is 2. The van der Waals surface area contributed by atoms with Gasteiger partial charge in [0.15, 0.2) is 5.43 Å². The lowest BCUT2D eigenvalue weighted by Gasteiger charge is -2.31. The zero-order valence-electron chi connectivity index (χ0n) is 13.5. The maximum Gasteiger partial charge on any atom is 0.259 e. The largest absolute Gasteiger partial charge is 0.364 e. The number of carbonyl (C=O) groups excluding carboxylic acids is 1. The smallest absolute Gasteiger partial charge is 0.259 e. The van der Waals surface area contributed by atoms with Crippen molar-refractivity contribution in [1.82, 2.24) is 9.88 Å². The summed E-state index contributed by atoms with van der Waals surface area (Å²) < 4.78 is 0. The number of hydrogen-bond donors (Lipinski definition) is 1. The zero-order chi connectivity index (χ0) is 15.9. The summed E-state index contributed by atoms with van der Waals surface area (Å²) in [4.78, 5) is 29.7. The molecule has 2 aliphatic carbocycles. The van der Waals surface area contributed by atoms with Gasteiger partial charge in [0.05, 0.1) is 0 Å². The van der Waals surface area contributed by atoms with Crippen molar-refractivity contribution in [3.8, 4) is 0 Å². The highest BCUT2D eigenvalue weighted by molar-refractivity contribution is 5.94. The van der Waals surface area contributed by atoms with Crippen LogP contribution in [0.2, 0.25) is 0 Å². The van der Waals surface area contributed by atoms with E-state index in [0.29, 0.717) is 17.8 Å². The molecule has 22 heavy (non-hydrogen) atoms. The topological polar surface area (TPSA) is 53.2 Å². The Balaban J connectivity index is 1.80. The fourth-order valence-electron chi connectivity index (χ4n) is 3.78. The van der Waals surface area contributed by atoms with Gasteiger partial charge >= 0.3 is 0 Å². The molecule has 3 atom stereocenters. The van der Waals surface area contributed by atoms with Crippen LogP contribution in [0.3, 0.4) is 0 Å². The van der Waals surface area contributed by atoms with Gasteiger partial charge in [0, 0.05) is 30.5 Å². The standard InChI is InChI=1S/C18H24N2O2/c1-11(2)20(10-15-8-13-4-5-14(15)7-13)18(22)16-9-19-12(3)6-17(16)21/h4-6,9,11,13-15H,7-8,10H2,1-3H3,(H,19,21)/t13-,14-,15-/m0/s1. The van der Waals surface area contributed by atoms with Crippen molar-refractivity contribution in [2.45, 2.75) is 39.7 Å². The number of pyridine rings is 1. The number of nitrogens with zero attached hydrogens (tertiary/aromatic N) is 1. The van der Waals surface area contributed by atoms with E-state index in [1.807, 2.05) is 25.7 Å².